The number of carbonyl (C=O) groups is 1. The number of ether oxygens (including phenoxy) is 4. The molecule has 0 bridgehead atoms. The van der Waals surface area contributed by atoms with Crippen LogP contribution in [0.1, 0.15) is 52.4 Å². The van der Waals surface area contributed by atoms with E-state index in [2.05, 4.69) is 6.92 Å². The summed E-state index contributed by atoms with van der Waals surface area (Å²) in [6.07, 6.45) is -8.41. The topological polar surface area (TPSA) is 175 Å². The molecule has 0 spiro atoms. The molecule has 2 aliphatic heterocycles. The average Bonchev–Trinajstić information content (AvgIpc) is 2.76. The molecular weight excluding hydrogens is 428 g/mol. The van der Waals surface area contributed by atoms with Crippen molar-refractivity contribution in [2.75, 3.05) is 13.2 Å². The highest BCUT2D eigenvalue weighted by Crippen LogP contribution is 2.26. The number of unbranched alkanes of at least 4 members (excludes halogenated alkanes) is 5. The van der Waals surface area contributed by atoms with Crippen molar-refractivity contribution in [1.82, 2.24) is 0 Å². The van der Waals surface area contributed by atoms with E-state index in [1.165, 1.54) is 6.42 Å². The number of hydrogen-bond acceptors (Lipinski definition) is 11. The average molecular weight is 467 g/mol. The maximum Gasteiger partial charge on any atom is 0.187 e. The zero-order chi connectivity index (χ0) is 23.8. The van der Waals surface area contributed by atoms with Crippen molar-refractivity contribution in [3.63, 3.8) is 0 Å². The summed E-state index contributed by atoms with van der Waals surface area (Å²) in [7, 11) is 0. The molecule has 2 rings (SSSR count). The number of aliphatic hydroxyl groups excluding tert-OH is 6. The molecule has 2 heterocycles. The fourth-order valence-corrected chi connectivity index (χ4v) is 3.79. The molecule has 0 aromatic heterocycles. The first-order valence-electron chi connectivity index (χ1n) is 11.3. The Morgan fingerprint density at radius 1 is 0.719 bits per heavy atom. The Kier molecular flexibility index (Phi) is 11.4. The van der Waals surface area contributed by atoms with Gasteiger partial charge in [-0.15, -0.1) is 0 Å². The van der Waals surface area contributed by atoms with Crippen LogP contribution < -0.4 is 0 Å². The van der Waals surface area contributed by atoms with E-state index in [4.69, 9.17) is 18.9 Å². The number of aliphatic hydroxyl groups is 6. The first-order valence-corrected chi connectivity index (χ1v) is 11.3. The summed E-state index contributed by atoms with van der Waals surface area (Å²) < 4.78 is 21.7. The van der Waals surface area contributed by atoms with Crippen molar-refractivity contribution in [2.24, 2.45) is 0 Å². The first kappa shape index (κ1) is 27.5. The van der Waals surface area contributed by atoms with E-state index in [1.54, 1.807) is 0 Å². The van der Waals surface area contributed by atoms with Crippen LogP contribution in [-0.2, 0) is 23.7 Å². The number of rotatable bonds is 12. The van der Waals surface area contributed by atoms with E-state index in [1.807, 2.05) is 0 Å². The van der Waals surface area contributed by atoms with E-state index in [-0.39, 0.29) is 0 Å². The molecule has 2 fully saturated rings. The van der Waals surface area contributed by atoms with Gasteiger partial charge < -0.3 is 49.6 Å². The summed E-state index contributed by atoms with van der Waals surface area (Å²) in [4.78, 5) is 11.6. The third kappa shape index (κ3) is 7.13. The summed E-state index contributed by atoms with van der Waals surface area (Å²) in [6, 6.07) is 0. The minimum atomic E-state index is -1.68. The van der Waals surface area contributed by atoms with E-state index in [0.717, 1.165) is 39.0 Å². The highest BCUT2D eigenvalue weighted by atomic mass is 16.7. The summed E-state index contributed by atoms with van der Waals surface area (Å²) in [6.45, 7) is 3.20. The van der Waals surface area contributed by atoms with Gasteiger partial charge in [0.05, 0.1) is 6.61 Å². The number of carbonyl (C=O) groups excluding carboxylic acids is 1. The Balaban J connectivity index is 1.86. The van der Waals surface area contributed by atoms with Gasteiger partial charge in [0.15, 0.2) is 18.4 Å². The van der Waals surface area contributed by atoms with Gasteiger partial charge in [-0.25, -0.2) is 0 Å². The van der Waals surface area contributed by atoms with Gasteiger partial charge in [0.25, 0.3) is 0 Å². The second kappa shape index (κ2) is 13.2. The highest BCUT2D eigenvalue weighted by molar-refractivity contribution is 5.81. The molecular formula is C21H38O11. The fourth-order valence-electron chi connectivity index (χ4n) is 3.79. The van der Waals surface area contributed by atoms with Crippen molar-refractivity contribution < 1.29 is 54.4 Å². The number of Topliss-reactive ketones (excluding diaryl/α,β-unsaturated/α-hetero) is 1. The number of hydrogen-bond donors (Lipinski definition) is 6. The summed E-state index contributed by atoms with van der Waals surface area (Å²) in [5.74, 6) is -0.562. The normalized spacial score (nSPS) is 40.4. The summed E-state index contributed by atoms with van der Waals surface area (Å²) in [5, 5.41) is 60.4. The Bertz CT molecular complexity index is 562. The van der Waals surface area contributed by atoms with Gasteiger partial charge in [0.1, 0.15) is 48.8 Å². The molecule has 32 heavy (non-hydrogen) atoms. The third-order valence-corrected chi connectivity index (χ3v) is 5.84. The molecule has 0 unspecified atom stereocenters. The van der Waals surface area contributed by atoms with Gasteiger partial charge in [0.2, 0.25) is 0 Å². The lowest BCUT2D eigenvalue weighted by Gasteiger charge is -2.42. The largest absolute Gasteiger partial charge is 0.387 e. The van der Waals surface area contributed by atoms with Crippen molar-refractivity contribution in [3.8, 4) is 0 Å². The Morgan fingerprint density at radius 3 is 1.91 bits per heavy atom. The van der Waals surface area contributed by atoms with Crippen molar-refractivity contribution in [1.29, 1.82) is 0 Å². The third-order valence-electron chi connectivity index (χ3n) is 5.84. The molecule has 11 heteroatoms. The van der Waals surface area contributed by atoms with E-state index in [0.29, 0.717) is 6.61 Å². The van der Waals surface area contributed by atoms with Crippen molar-refractivity contribution in [2.45, 2.75) is 114 Å². The maximum absolute atomic E-state index is 11.6. The molecule has 11 nitrogen and oxygen atoms in total. The minimum absolute atomic E-state index is 0.305. The second-order valence-corrected chi connectivity index (χ2v) is 8.49. The van der Waals surface area contributed by atoms with Gasteiger partial charge in [-0.05, 0) is 13.3 Å². The molecule has 10 atom stereocenters. The first-order chi connectivity index (χ1) is 15.2. The lowest BCUT2D eigenvalue weighted by Crippen LogP contribution is -2.62. The Labute approximate surface area is 187 Å². The minimum Gasteiger partial charge on any atom is -0.387 e. The predicted octanol–water partition coefficient (Wildman–Crippen LogP) is -1.42. The van der Waals surface area contributed by atoms with Crippen LogP contribution in [0, 0.1) is 0 Å². The van der Waals surface area contributed by atoms with Crippen LogP contribution >= 0.6 is 0 Å². The van der Waals surface area contributed by atoms with Gasteiger partial charge in [0, 0.05) is 6.61 Å². The zero-order valence-corrected chi connectivity index (χ0v) is 18.7. The quantitative estimate of drug-likeness (QED) is 0.186. The van der Waals surface area contributed by atoms with Crippen molar-refractivity contribution in [3.05, 3.63) is 0 Å². The summed E-state index contributed by atoms with van der Waals surface area (Å²) in [5.41, 5.74) is 0. The molecule has 188 valence electrons. The van der Waals surface area contributed by atoms with Gasteiger partial charge >= 0.3 is 0 Å². The highest BCUT2D eigenvalue weighted by Gasteiger charge is 2.48. The molecule has 0 aromatic rings. The monoisotopic (exact) mass is 466 g/mol. The Hall–Kier alpha value is -0.730. The molecule has 0 amide bonds. The van der Waals surface area contributed by atoms with Gasteiger partial charge in [-0.1, -0.05) is 39.0 Å². The van der Waals surface area contributed by atoms with Crippen LogP contribution in [0.15, 0.2) is 0 Å². The number of ketones is 1. The molecule has 6 N–H and O–H groups in total. The van der Waals surface area contributed by atoms with Gasteiger partial charge in [-0.2, -0.15) is 0 Å². The van der Waals surface area contributed by atoms with Crippen LogP contribution in [0.25, 0.3) is 0 Å². The summed E-state index contributed by atoms with van der Waals surface area (Å²) >= 11 is 0. The maximum atomic E-state index is 11.6. The fraction of sp³-hybridized carbons (Fsp3) is 0.952. The van der Waals surface area contributed by atoms with E-state index >= 15 is 0 Å². The van der Waals surface area contributed by atoms with E-state index < -0.39 is 73.8 Å². The molecule has 0 radical (unpaired) electrons. The van der Waals surface area contributed by atoms with Crippen molar-refractivity contribution >= 4 is 5.78 Å². The SMILES string of the molecule is CCCCCCCCO[C@@H]1O[C@H](CO[C@H]2O[C@H](C(C)=O)[C@H](O)[C@H](O)[C@H]2O)[C@@H](O)[C@H](O)[C@H]1O. The lowest BCUT2D eigenvalue weighted by molar-refractivity contribution is -0.326. The molecule has 2 saturated heterocycles. The Morgan fingerprint density at radius 2 is 1.28 bits per heavy atom. The second-order valence-electron chi connectivity index (χ2n) is 8.49. The molecule has 0 aliphatic carbocycles. The predicted molar refractivity (Wildman–Crippen MR) is 109 cm³/mol. The van der Waals surface area contributed by atoms with Crippen LogP contribution in [0.5, 0.6) is 0 Å². The zero-order valence-electron chi connectivity index (χ0n) is 18.7. The lowest BCUT2D eigenvalue weighted by atomic mass is 9.96. The smallest absolute Gasteiger partial charge is 0.187 e. The van der Waals surface area contributed by atoms with Gasteiger partial charge in [-0.3, -0.25) is 4.79 Å². The standard InChI is InChI=1S/C21H38O11/c1-3-4-5-6-7-8-9-29-20-17(27)14(24)13(23)12(31-20)10-30-21-18(28)15(25)16(26)19(32-21)11(2)22/h12-21,23-28H,3-10H2,1-2H3/t12-,13-,14+,15+,16-,17-,18-,19-,20-,21+/m1/s1. The van der Waals surface area contributed by atoms with Crippen LogP contribution in [0.2, 0.25) is 0 Å². The molecule has 2 aliphatic rings. The van der Waals surface area contributed by atoms with E-state index in [9.17, 15) is 35.4 Å². The molecule has 0 aromatic carbocycles. The van der Waals surface area contributed by atoms with Crippen LogP contribution in [0.4, 0.5) is 0 Å². The molecule has 0 saturated carbocycles. The van der Waals surface area contributed by atoms with Crippen LogP contribution in [-0.4, -0.2) is 111 Å². The van der Waals surface area contributed by atoms with Crippen LogP contribution in [0.3, 0.4) is 0 Å².